The van der Waals surface area contributed by atoms with Crippen LogP contribution in [0.1, 0.15) is 79.1 Å². The quantitative estimate of drug-likeness (QED) is 0.563. The highest BCUT2D eigenvalue weighted by molar-refractivity contribution is 4.81. The lowest BCUT2D eigenvalue weighted by atomic mass is 10.0. The van der Waals surface area contributed by atoms with Crippen LogP contribution in [0.4, 0.5) is 0 Å². The van der Waals surface area contributed by atoms with Crippen LogP contribution < -0.4 is 5.32 Å². The summed E-state index contributed by atoms with van der Waals surface area (Å²) >= 11 is 0. The van der Waals surface area contributed by atoms with Crippen LogP contribution in [-0.4, -0.2) is 36.6 Å². The zero-order valence-corrected chi connectivity index (χ0v) is 14.5. The van der Waals surface area contributed by atoms with Crippen molar-refractivity contribution in [1.29, 1.82) is 0 Å². The first-order chi connectivity index (χ1) is 9.58. The van der Waals surface area contributed by atoms with Gasteiger partial charge in [-0.2, -0.15) is 0 Å². The standard InChI is InChI=1S/C18H38N2/c1-16(2)11-9-7-5-6-8-10-13-20-14-12-18(15-20)19-17(3)4/h16-19H,5-15H2,1-4H3. The van der Waals surface area contributed by atoms with Crippen LogP contribution in [0.2, 0.25) is 0 Å². The maximum Gasteiger partial charge on any atom is 0.0209 e. The number of nitrogens with one attached hydrogen (secondary N) is 1. The first-order valence-electron chi connectivity index (χ1n) is 9.06. The Morgan fingerprint density at radius 2 is 1.60 bits per heavy atom. The number of hydrogen-bond acceptors (Lipinski definition) is 2. The molecule has 2 nitrogen and oxygen atoms in total. The first kappa shape index (κ1) is 18.0. The fourth-order valence-electron chi connectivity index (χ4n) is 3.24. The molecule has 0 radical (unpaired) electrons. The molecule has 1 heterocycles. The molecule has 0 amide bonds. The minimum Gasteiger partial charge on any atom is -0.310 e. The molecule has 20 heavy (non-hydrogen) atoms. The predicted octanol–water partition coefficient (Wildman–Crippen LogP) is 4.45. The molecule has 0 bridgehead atoms. The molecular weight excluding hydrogens is 244 g/mol. The number of hydrogen-bond donors (Lipinski definition) is 1. The third-order valence-corrected chi connectivity index (χ3v) is 4.35. The molecule has 0 aliphatic carbocycles. The average Bonchev–Trinajstić information content (AvgIpc) is 2.79. The van der Waals surface area contributed by atoms with E-state index >= 15 is 0 Å². The molecule has 120 valence electrons. The van der Waals surface area contributed by atoms with Gasteiger partial charge in [-0.15, -0.1) is 0 Å². The van der Waals surface area contributed by atoms with Gasteiger partial charge in [0, 0.05) is 18.6 Å². The van der Waals surface area contributed by atoms with Gasteiger partial charge in [-0.3, -0.25) is 0 Å². The maximum absolute atomic E-state index is 3.66. The van der Waals surface area contributed by atoms with Gasteiger partial charge in [0.25, 0.3) is 0 Å². The molecule has 0 spiro atoms. The van der Waals surface area contributed by atoms with Crippen LogP contribution in [0, 0.1) is 5.92 Å². The molecule has 1 aliphatic heterocycles. The van der Waals surface area contributed by atoms with Crippen LogP contribution in [0.25, 0.3) is 0 Å². The number of unbranched alkanes of at least 4 members (excludes halogenated alkanes) is 5. The van der Waals surface area contributed by atoms with E-state index in [4.69, 9.17) is 0 Å². The molecule has 1 atom stereocenters. The summed E-state index contributed by atoms with van der Waals surface area (Å²) in [4.78, 5) is 2.65. The second-order valence-corrected chi connectivity index (χ2v) is 7.41. The van der Waals surface area contributed by atoms with E-state index in [9.17, 15) is 0 Å². The van der Waals surface area contributed by atoms with E-state index in [0.717, 1.165) is 12.0 Å². The van der Waals surface area contributed by atoms with Crippen LogP contribution >= 0.6 is 0 Å². The highest BCUT2D eigenvalue weighted by atomic mass is 15.2. The summed E-state index contributed by atoms with van der Waals surface area (Å²) in [6.07, 6.45) is 11.4. The minimum absolute atomic E-state index is 0.630. The fourth-order valence-corrected chi connectivity index (χ4v) is 3.24. The summed E-state index contributed by atoms with van der Waals surface area (Å²) in [6.45, 7) is 13.1. The van der Waals surface area contributed by atoms with E-state index < -0.39 is 0 Å². The van der Waals surface area contributed by atoms with Gasteiger partial charge in [0.2, 0.25) is 0 Å². The van der Waals surface area contributed by atoms with Gasteiger partial charge in [-0.1, -0.05) is 66.2 Å². The molecule has 1 unspecified atom stereocenters. The van der Waals surface area contributed by atoms with Gasteiger partial charge in [0.1, 0.15) is 0 Å². The van der Waals surface area contributed by atoms with Crippen molar-refractivity contribution in [3.8, 4) is 0 Å². The molecule has 1 saturated heterocycles. The van der Waals surface area contributed by atoms with E-state index in [0.29, 0.717) is 6.04 Å². The third kappa shape index (κ3) is 8.97. The third-order valence-electron chi connectivity index (χ3n) is 4.35. The second kappa shape index (κ2) is 10.6. The van der Waals surface area contributed by atoms with Crippen molar-refractivity contribution in [3.63, 3.8) is 0 Å². The molecular formula is C18H38N2. The van der Waals surface area contributed by atoms with Gasteiger partial charge in [-0.05, 0) is 31.8 Å². The lowest BCUT2D eigenvalue weighted by Gasteiger charge is -2.18. The SMILES string of the molecule is CC(C)CCCCCCCCN1CCC(NC(C)C)C1. The molecule has 1 fully saturated rings. The minimum atomic E-state index is 0.630. The monoisotopic (exact) mass is 282 g/mol. The van der Waals surface area contributed by atoms with Crippen molar-refractivity contribution in [2.45, 2.75) is 91.1 Å². The van der Waals surface area contributed by atoms with Gasteiger partial charge in [0.15, 0.2) is 0 Å². The summed E-state index contributed by atoms with van der Waals surface area (Å²) in [6, 6.07) is 1.37. The zero-order valence-electron chi connectivity index (χ0n) is 14.5. The van der Waals surface area contributed by atoms with Crippen LogP contribution in [0.5, 0.6) is 0 Å². The highest BCUT2D eigenvalue weighted by Gasteiger charge is 2.21. The van der Waals surface area contributed by atoms with Crippen molar-refractivity contribution >= 4 is 0 Å². The van der Waals surface area contributed by atoms with Gasteiger partial charge >= 0.3 is 0 Å². The van der Waals surface area contributed by atoms with Crippen molar-refractivity contribution in [1.82, 2.24) is 10.2 Å². The molecule has 2 heteroatoms. The van der Waals surface area contributed by atoms with E-state index in [2.05, 4.69) is 37.9 Å². The zero-order chi connectivity index (χ0) is 14.8. The van der Waals surface area contributed by atoms with Crippen molar-refractivity contribution < 1.29 is 0 Å². The van der Waals surface area contributed by atoms with Crippen LogP contribution in [-0.2, 0) is 0 Å². The highest BCUT2D eigenvalue weighted by Crippen LogP contribution is 2.14. The number of likely N-dealkylation sites (tertiary alicyclic amines) is 1. The molecule has 1 rings (SSSR count). The van der Waals surface area contributed by atoms with Gasteiger partial charge < -0.3 is 10.2 Å². The average molecular weight is 283 g/mol. The van der Waals surface area contributed by atoms with Crippen molar-refractivity contribution in [2.75, 3.05) is 19.6 Å². The summed E-state index contributed by atoms with van der Waals surface area (Å²) in [5, 5.41) is 3.66. The largest absolute Gasteiger partial charge is 0.310 e. The first-order valence-corrected chi connectivity index (χ1v) is 9.06. The molecule has 0 aromatic heterocycles. The molecule has 1 N–H and O–H groups in total. The molecule has 0 aromatic rings. The van der Waals surface area contributed by atoms with Crippen LogP contribution in [0.3, 0.4) is 0 Å². The lowest BCUT2D eigenvalue weighted by molar-refractivity contribution is 0.314. The summed E-state index contributed by atoms with van der Waals surface area (Å²) < 4.78 is 0. The van der Waals surface area contributed by atoms with E-state index in [1.807, 2.05) is 0 Å². The van der Waals surface area contributed by atoms with Gasteiger partial charge in [0.05, 0.1) is 0 Å². The topological polar surface area (TPSA) is 15.3 Å². The Kier molecular flexibility index (Phi) is 9.54. The summed E-state index contributed by atoms with van der Waals surface area (Å²) in [5.41, 5.74) is 0. The maximum atomic E-state index is 3.66. The molecule has 1 aliphatic rings. The smallest absolute Gasteiger partial charge is 0.0209 e. The molecule has 0 aromatic carbocycles. The lowest BCUT2D eigenvalue weighted by Crippen LogP contribution is -2.37. The Morgan fingerprint density at radius 3 is 2.25 bits per heavy atom. The Morgan fingerprint density at radius 1 is 0.950 bits per heavy atom. The predicted molar refractivity (Wildman–Crippen MR) is 90.3 cm³/mol. The van der Waals surface area contributed by atoms with E-state index in [1.54, 1.807) is 0 Å². The van der Waals surface area contributed by atoms with Crippen LogP contribution in [0.15, 0.2) is 0 Å². The Balaban J connectivity index is 1.87. The summed E-state index contributed by atoms with van der Waals surface area (Å²) in [5.74, 6) is 0.887. The normalized spacial score (nSPS) is 20.4. The Labute approximate surface area is 127 Å². The Bertz CT molecular complexity index is 225. The van der Waals surface area contributed by atoms with Crippen molar-refractivity contribution in [2.24, 2.45) is 5.92 Å². The van der Waals surface area contributed by atoms with E-state index in [1.165, 1.54) is 71.0 Å². The van der Waals surface area contributed by atoms with Crippen molar-refractivity contribution in [3.05, 3.63) is 0 Å². The van der Waals surface area contributed by atoms with Gasteiger partial charge in [-0.25, -0.2) is 0 Å². The number of rotatable bonds is 11. The fraction of sp³-hybridized carbons (Fsp3) is 1.00. The number of nitrogens with zero attached hydrogens (tertiary/aromatic N) is 1. The summed E-state index contributed by atoms with van der Waals surface area (Å²) in [7, 11) is 0. The van der Waals surface area contributed by atoms with E-state index in [-0.39, 0.29) is 0 Å². The Hall–Kier alpha value is -0.0800. The molecule has 0 saturated carbocycles. The second-order valence-electron chi connectivity index (χ2n) is 7.41.